The van der Waals surface area contributed by atoms with Gasteiger partial charge in [0.1, 0.15) is 5.82 Å². The monoisotopic (exact) mass is 678 g/mol. The summed E-state index contributed by atoms with van der Waals surface area (Å²) in [5.74, 6) is 2.51. The van der Waals surface area contributed by atoms with Gasteiger partial charge >= 0.3 is 0 Å². The van der Waals surface area contributed by atoms with Gasteiger partial charge in [0.25, 0.3) is 0 Å². The van der Waals surface area contributed by atoms with E-state index >= 15 is 0 Å². The van der Waals surface area contributed by atoms with Crippen molar-refractivity contribution in [3.63, 3.8) is 0 Å². The number of aromatic nitrogens is 2. The minimum atomic E-state index is -0.228. The van der Waals surface area contributed by atoms with Gasteiger partial charge < -0.3 is 24.4 Å². The average Bonchev–Trinajstić information content (AvgIpc) is 3.72. The Morgan fingerprint density at radius 3 is 2.53 bits per heavy atom. The Bertz CT molecular complexity index is 1270. The average molecular weight is 678 g/mol. The summed E-state index contributed by atoms with van der Waals surface area (Å²) in [6, 6.07) is 0.330. The van der Waals surface area contributed by atoms with Crippen molar-refractivity contribution < 1.29 is 9.13 Å². The Hall–Kier alpha value is -3.16. The molecule has 274 valence electrons. The highest BCUT2D eigenvalue weighted by atomic mass is 19.1. The molecule has 2 heterocycles. The molecule has 0 radical (unpaired) electrons. The minimum Gasteiger partial charge on any atom is -0.388 e. The maximum Gasteiger partial charge on any atom is 0.108 e. The van der Waals surface area contributed by atoms with E-state index < -0.39 is 0 Å². The second kappa shape index (κ2) is 22.5. The standard InChI is InChI=1S/C40H62FN5.C2H6O/c1-9-16-32(5)20-21-35(8)46-29-36(30-46)28-44(25-10-2)26-22-34(7)40(33(6)17-13-14-23-41,31-45-27-24-43-39(45)11-3)37-18-15-19-38(37)42-12-4;1-3-2/h9,12-14,16-17,20-21,23-24,27,34,36-38,42H,4,6,10-11,15,18-19,22,25-26,28-31H2,1-3,5,7-8H3;1-2H3/b16-9-,17-13-,23-14+,32-20-,35-21+;/t34?,37?,38-,40?;/m0./s1. The lowest BCUT2D eigenvalue weighted by Gasteiger charge is -2.48. The molecule has 7 heteroatoms. The zero-order valence-electron chi connectivity index (χ0n) is 32.1. The van der Waals surface area contributed by atoms with Crippen LogP contribution in [0.2, 0.25) is 0 Å². The summed E-state index contributed by atoms with van der Waals surface area (Å²) in [5, 5.41) is 3.62. The highest BCUT2D eigenvalue weighted by Gasteiger charge is 2.50. The maximum absolute atomic E-state index is 13.0. The van der Waals surface area contributed by atoms with Crippen LogP contribution < -0.4 is 5.32 Å². The fourth-order valence-corrected chi connectivity index (χ4v) is 7.93. The topological polar surface area (TPSA) is 45.6 Å². The van der Waals surface area contributed by atoms with E-state index in [2.05, 4.69) is 114 Å². The van der Waals surface area contributed by atoms with Crippen molar-refractivity contribution in [3.8, 4) is 0 Å². The van der Waals surface area contributed by atoms with Gasteiger partial charge in [-0.05, 0) is 95.3 Å². The summed E-state index contributed by atoms with van der Waals surface area (Å²) in [5.41, 5.74) is 3.47. The number of nitrogens with one attached hydrogen (secondary N) is 1. The Morgan fingerprint density at radius 1 is 1.16 bits per heavy atom. The zero-order chi connectivity index (χ0) is 36.2. The fourth-order valence-electron chi connectivity index (χ4n) is 7.93. The minimum absolute atomic E-state index is 0.228. The summed E-state index contributed by atoms with van der Waals surface area (Å²) < 4.78 is 19.6. The summed E-state index contributed by atoms with van der Waals surface area (Å²) in [6.07, 6.45) is 27.1. The molecule has 2 aliphatic rings. The second-order valence-corrected chi connectivity index (χ2v) is 14.0. The first kappa shape index (κ1) is 42.0. The molecule has 0 bridgehead atoms. The third kappa shape index (κ3) is 12.3. The molecule has 1 saturated carbocycles. The number of rotatable bonds is 20. The highest BCUT2D eigenvalue weighted by molar-refractivity contribution is 5.30. The molecule has 1 saturated heterocycles. The van der Waals surface area contributed by atoms with Crippen molar-refractivity contribution in [2.75, 3.05) is 46.9 Å². The summed E-state index contributed by atoms with van der Waals surface area (Å²) in [6.45, 7) is 28.5. The molecule has 1 aliphatic carbocycles. The van der Waals surface area contributed by atoms with E-state index in [9.17, 15) is 4.39 Å². The second-order valence-electron chi connectivity index (χ2n) is 14.0. The largest absolute Gasteiger partial charge is 0.388 e. The zero-order valence-corrected chi connectivity index (χ0v) is 32.1. The summed E-state index contributed by atoms with van der Waals surface area (Å²) in [4.78, 5) is 9.90. The molecule has 2 fully saturated rings. The molecule has 1 N–H and O–H groups in total. The molecule has 0 spiro atoms. The molecule has 1 aliphatic heterocycles. The third-order valence-electron chi connectivity index (χ3n) is 10.4. The van der Waals surface area contributed by atoms with Crippen LogP contribution in [0.1, 0.15) is 79.5 Å². The molecule has 1 aromatic heterocycles. The van der Waals surface area contributed by atoms with Gasteiger partial charge in [-0.2, -0.15) is 0 Å². The van der Waals surface area contributed by atoms with E-state index in [0.29, 0.717) is 30.1 Å². The van der Waals surface area contributed by atoms with Crippen molar-refractivity contribution in [2.24, 2.45) is 23.2 Å². The van der Waals surface area contributed by atoms with Gasteiger partial charge in [-0.1, -0.05) is 76.3 Å². The number of hydrogen-bond acceptors (Lipinski definition) is 5. The van der Waals surface area contributed by atoms with E-state index in [1.165, 1.54) is 23.8 Å². The molecule has 3 rings (SSSR count). The lowest BCUT2D eigenvalue weighted by Crippen LogP contribution is -2.51. The molecule has 0 aromatic carbocycles. The number of halogens is 1. The van der Waals surface area contributed by atoms with Crippen LogP contribution in [0.4, 0.5) is 4.39 Å². The number of nitrogens with zero attached hydrogens (tertiary/aromatic N) is 4. The molecule has 1 aromatic rings. The molecular weight excluding hydrogens is 609 g/mol. The summed E-state index contributed by atoms with van der Waals surface area (Å²) >= 11 is 0. The Balaban J connectivity index is 0.00000267. The number of hydrogen-bond donors (Lipinski definition) is 1. The molecular formula is C42H68FN5O. The van der Waals surface area contributed by atoms with E-state index in [4.69, 9.17) is 6.58 Å². The first-order valence-electron chi connectivity index (χ1n) is 18.5. The van der Waals surface area contributed by atoms with Crippen LogP contribution in [0.3, 0.4) is 0 Å². The summed E-state index contributed by atoms with van der Waals surface area (Å²) in [7, 11) is 3.25. The van der Waals surface area contributed by atoms with Gasteiger partial charge in [0, 0.05) is 82.3 Å². The van der Waals surface area contributed by atoms with Crippen molar-refractivity contribution in [1.29, 1.82) is 0 Å². The molecule has 3 unspecified atom stereocenters. The van der Waals surface area contributed by atoms with Crippen LogP contribution in [0.15, 0.2) is 97.5 Å². The van der Waals surface area contributed by atoms with Gasteiger partial charge in [0.2, 0.25) is 0 Å². The van der Waals surface area contributed by atoms with Gasteiger partial charge in [0.15, 0.2) is 0 Å². The van der Waals surface area contributed by atoms with Crippen molar-refractivity contribution in [2.45, 2.75) is 92.7 Å². The first-order chi connectivity index (χ1) is 23.6. The highest BCUT2D eigenvalue weighted by Crippen LogP contribution is 2.52. The number of methoxy groups -OCH3 is 1. The Morgan fingerprint density at radius 2 is 1.90 bits per heavy atom. The van der Waals surface area contributed by atoms with Gasteiger partial charge in [-0.25, -0.2) is 9.37 Å². The van der Waals surface area contributed by atoms with Crippen molar-refractivity contribution in [1.82, 2.24) is 24.7 Å². The molecule has 4 atom stereocenters. The van der Waals surface area contributed by atoms with E-state index in [1.54, 1.807) is 14.2 Å². The number of imidazole rings is 1. The lowest BCUT2D eigenvalue weighted by molar-refractivity contribution is 0.0630. The number of aryl methyl sites for hydroxylation is 1. The normalized spacial score (nSPS) is 20.9. The molecule has 0 amide bonds. The van der Waals surface area contributed by atoms with E-state index in [0.717, 1.165) is 82.8 Å². The van der Waals surface area contributed by atoms with Crippen LogP contribution in [0.25, 0.3) is 0 Å². The molecule has 49 heavy (non-hydrogen) atoms. The predicted octanol–water partition coefficient (Wildman–Crippen LogP) is 9.29. The number of ether oxygens (including phenoxy) is 1. The SMILES string of the molecule is C=CN[C@H]1CCCC1C(Cn1ccnc1CC)(C(=C)/C=C\C=C\F)C(C)CCN(CCC)CC1CN(/C(C)=C/C=C(C)\C=C/C)C1.COC. The smallest absolute Gasteiger partial charge is 0.108 e. The van der Waals surface area contributed by atoms with Crippen LogP contribution in [0.5, 0.6) is 0 Å². The lowest BCUT2D eigenvalue weighted by atomic mass is 9.60. The quantitative estimate of drug-likeness (QED) is 0.139. The number of allylic oxidation sites excluding steroid dienone is 10. The fraction of sp³-hybridized carbons (Fsp3) is 0.595. The van der Waals surface area contributed by atoms with Gasteiger partial charge in [0.05, 0.1) is 6.33 Å². The van der Waals surface area contributed by atoms with Gasteiger partial charge in [-0.3, -0.25) is 0 Å². The Kier molecular flexibility index (Phi) is 19.3. The van der Waals surface area contributed by atoms with Gasteiger partial charge in [-0.15, -0.1) is 0 Å². The van der Waals surface area contributed by atoms with E-state index in [1.807, 2.05) is 18.5 Å². The predicted molar refractivity (Wildman–Crippen MR) is 208 cm³/mol. The number of likely N-dealkylation sites (tertiary alicyclic amines) is 1. The maximum atomic E-state index is 13.0. The van der Waals surface area contributed by atoms with Crippen LogP contribution in [0, 0.1) is 23.2 Å². The Labute approximate surface area is 299 Å². The van der Waals surface area contributed by atoms with Crippen LogP contribution in [-0.2, 0) is 17.7 Å². The van der Waals surface area contributed by atoms with Crippen molar-refractivity contribution in [3.05, 3.63) is 103 Å². The van der Waals surface area contributed by atoms with Crippen LogP contribution >= 0.6 is 0 Å². The van der Waals surface area contributed by atoms with Crippen LogP contribution in [-0.4, -0.2) is 72.3 Å². The van der Waals surface area contributed by atoms with Crippen molar-refractivity contribution >= 4 is 0 Å². The van der Waals surface area contributed by atoms with E-state index in [-0.39, 0.29) is 5.41 Å². The molecule has 6 nitrogen and oxygen atoms in total. The third-order valence-corrected chi connectivity index (χ3v) is 10.4. The first-order valence-corrected chi connectivity index (χ1v) is 18.5.